The van der Waals surface area contributed by atoms with Crippen molar-refractivity contribution in [3.05, 3.63) is 12.7 Å². The molecule has 13 heavy (non-hydrogen) atoms. The number of allylic oxidation sites excluding steroid dienone is 1. The largest absolute Gasteiger partial charge is 0.350 e. The summed E-state index contributed by atoms with van der Waals surface area (Å²) in [7, 11) is 1.97. The average molecular weight is 185 g/mol. The summed E-state index contributed by atoms with van der Waals surface area (Å²) in [4.78, 5) is 0. The van der Waals surface area contributed by atoms with Gasteiger partial charge in [-0.3, -0.25) is 0 Å². The summed E-state index contributed by atoms with van der Waals surface area (Å²) in [5, 5.41) is 3.26. The number of hydrogen-bond acceptors (Lipinski definition) is 3. The molecule has 3 nitrogen and oxygen atoms in total. The highest BCUT2D eigenvalue weighted by Gasteiger charge is 2.19. The normalized spacial score (nSPS) is 20.4. The topological polar surface area (TPSA) is 30.5 Å². The molecule has 1 heterocycles. The lowest BCUT2D eigenvalue weighted by molar-refractivity contribution is -0.0527. The van der Waals surface area contributed by atoms with Crippen LogP contribution in [0.15, 0.2) is 12.7 Å². The van der Waals surface area contributed by atoms with Gasteiger partial charge >= 0.3 is 0 Å². The van der Waals surface area contributed by atoms with Crippen LogP contribution in [-0.2, 0) is 9.47 Å². The lowest BCUT2D eigenvalue weighted by Crippen LogP contribution is -2.30. The number of hydrogen-bond donors (Lipinski definition) is 1. The highest BCUT2D eigenvalue weighted by atomic mass is 16.7. The SMILES string of the molecule is C=CCCC(CC1OCCO1)NC. The van der Waals surface area contributed by atoms with Gasteiger partial charge in [0.2, 0.25) is 0 Å². The van der Waals surface area contributed by atoms with E-state index in [1.807, 2.05) is 13.1 Å². The van der Waals surface area contributed by atoms with E-state index in [9.17, 15) is 0 Å². The lowest BCUT2D eigenvalue weighted by Gasteiger charge is -2.18. The van der Waals surface area contributed by atoms with Crippen LogP contribution in [0.1, 0.15) is 19.3 Å². The Hall–Kier alpha value is -0.380. The van der Waals surface area contributed by atoms with Gasteiger partial charge in [-0.2, -0.15) is 0 Å². The standard InChI is InChI=1S/C10H19NO2/c1-3-4-5-9(11-2)8-10-12-6-7-13-10/h3,9-11H,1,4-8H2,2H3. The Morgan fingerprint density at radius 3 is 2.77 bits per heavy atom. The minimum absolute atomic E-state index is 0.00210. The van der Waals surface area contributed by atoms with Gasteiger partial charge < -0.3 is 14.8 Å². The van der Waals surface area contributed by atoms with Crippen molar-refractivity contribution in [2.45, 2.75) is 31.6 Å². The fourth-order valence-corrected chi connectivity index (χ4v) is 1.47. The molecule has 0 aromatic carbocycles. The van der Waals surface area contributed by atoms with E-state index in [2.05, 4.69) is 11.9 Å². The van der Waals surface area contributed by atoms with Crippen LogP contribution >= 0.6 is 0 Å². The molecule has 1 aliphatic heterocycles. The van der Waals surface area contributed by atoms with Gasteiger partial charge in [-0.1, -0.05) is 6.08 Å². The molecule has 1 N–H and O–H groups in total. The first-order chi connectivity index (χ1) is 6.36. The maximum absolute atomic E-state index is 5.38. The van der Waals surface area contributed by atoms with Crippen LogP contribution in [0.5, 0.6) is 0 Å². The maximum atomic E-state index is 5.38. The van der Waals surface area contributed by atoms with Crippen molar-refractivity contribution in [3.8, 4) is 0 Å². The van der Waals surface area contributed by atoms with Crippen molar-refractivity contribution in [2.24, 2.45) is 0 Å². The molecule has 0 amide bonds. The summed E-state index contributed by atoms with van der Waals surface area (Å²) >= 11 is 0. The van der Waals surface area contributed by atoms with Gasteiger partial charge in [-0.15, -0.1) is 6.58 Å². The molecule has 1 fully saturated rings. The monoisotopic (exact) mass is 185 g/mol. The Kier molecular flexibility index (Phi) is 5.05. The van der Waals surface area contributed by atoms with Crippen LogP contribution in [0.4, 0.5) is 0 Å². The second kappa shape index (κ2) is 6.13. The van der Waals surface area contributed by atoms with E-state index >= 15 is 0 Å². The Morgan fingerprint density at radius 2 is 2.23 bits per heavy atom. The summed E-state index contributed by atoms with van der Waals surface area (Å²) in [6.07, 6.45) is 5.02. The van der Waals surface area contributed by atoms with E-state index in [1.54, 1.807) is 0 Å². The average Bonchev–Trinajstić information content (AvgIpc) is 2.64. The van der Waals surface area contributed by atoms with Crippen molar-refractivity contribution < 1.29 is 9.47 Å². The van der Waals surface area contributed by atoms with E-state index < -0.39 is 0 Å². The van der Waals surface area contributed by atoms with Crippen LogP contribution in [-0.4, -0.2) is 32.6 Å². The zero-order chi connectivity index (χ0) is 9.52. The molecule has 1 unspecified atom stereocenters. The molecule has 0 spiro atoms. The predicted octanol–water partition coefficient (Wildman–Crippen LogP) is 1.30. The Morgan fingerprint density at radius 1 is 1.54 bits per heavy atom. The Balaban J connectivity index is 2.17. The Bertz CT molecular complexity index is 144. The molecule has 0 aromatic heterocycles. The maximum Gasteiger partial charge on any atom is 0.159 e. The summed E-state index contributed by atoms with van der Waals surface area (Å²) in [6.45, 7) is 5.19. The van der Waals surface area contributed by atoms with Crippen LogP contribution in [0.2, 0.25) is 0 Å². The first-order valence-electron chi connectivity index (χ1n) is 4.88. The minimum Gasteiger partial charge on any atom is -0.350 e. The van der Waals surface area contributed by atoms with Gasteiger partial charge in [0.1, 0.15) is 0 Å². The second-order valence-corrected chi connectivity index (χ2v) is 3.26. The first-order valence-corrected chi connectivity index (χ1v) is 4.88. The molecule has 0 aromatic rings. The van der Waals surface area contributed by atoms with Crippen LogP contribution in [0.25, 0.3) is 0 Å². The molecular weight excluding hydrogens is 166 g/mol. The van der Waals surface area contributed by atoms with E-state index in [1.165, 1.54) is 0 Å². The van der Waals surface area contributed by atoms with E-state index in [4.69, 9.17) is 9.47 Å². The molecule has 3 heteroatoms. The van der Waals surface area contributed by atoms with Crippen molar-refractivity contribution in [2.75, 3.05) is 20.3 Å². The molecule has 0 aliphatic carbocycles. The molecule has 1 atom stereocenters. The highest BCUT2D eigenvalue weighted by Crippen LogP contribution is 2.13. The van der Waals surface area contributed by atoms with Crippen molar-refractivity contribution in [1.82, 2.24) is 5.32 Å². The molecule has 0 bridgehead atoms. The van der Waals surface area contributed by atoms with E-state index in [-0.39, 0.29) is 6.29 Å². The fraction of sp³-hybridized carbons (Fsp3) is 0.800. The predicted molar refractivity (Wildman–Crippen MR) is 52.6 cm³/mol. The summed E-state index contributed by atoms with van der Waals surface area (Å²) in [5.74, 6) is 0. The van der Waals surface area contributed by atoms with Crippen molar-refractivity contribution in [1.29, 1.82) is 0 Å². The molecule has 0 saturated carbocycles. The minimum atomic E-state index is 0.00210. The molecule has 1 aliphatic rings. The third kappa shape index (κ3) is 3.89. The first kappa shape index (κ1) is 10.7. The van der Waals surface area contributed by atoms with Crippen molar-refractivity contribution in [3.63, 3.8) is 0 Å². The zero-order valence-electron chi connectivity index (χ0n) is 8.29. The zero-order valence-corrected chi connectivity index (χ0v) is 8.29. The third-order valence-electron chi connectivity index (χ3n) is 2.30. The molecule has 0 radical (unpaired) electrons. The summed E-state index contributed by atoms with van der Waals surface area (Å²) in [6, 6.07) is 0.473. The number of nitrogens with one attached hydrogen (secondary N) is 1. The van der Waals surface area contributed by atoms with Gasteiger partial charge in [-0.25, -0.2) is 0 Å². The van der Waals surface area contributed by atoms with Crippen LogP contribution in [0, 0.1) is 0 Å². The lowest BCUT2D eigenvalue weighted by atomic mass is 10.1. The van der Waals surface area contributed by atoms with Gasteiger partial charge in [0.25, 0.3) is 0 Å². The number of rotatable bonds is 6. The van der Waals surface area contributed by atoms with E-state index in [0.717, 1.165) is 32.5 Å². The quantitative estimate of drug-likeness (QED) is 0.633. The van der Waals surface area contributed by atoms with E-state index in [0.29, 0.717) is 6.04 Å². The molecule has 76 valence electrons. The summed E-state index contributed by atoms with van der Waals surface area (Å²) < 4.78 is 10.8. The third-order valence-corrected chi connectivity index (χ3v) is 2.30. The van der Waals surface area contributed by atoms with Gasteiger partial charge in [-0.05, 0) is 19.9 Å². The van der Waals surface area contributed by atoms with Gasteiger partial charge in [0, 0.05) is 12.5 Å². The second-order valence-electron chi connectivity index (χ2n) is 3.26. The fourth-order valence-electron chi connectivity index (χ4n) is 1.47. The van der Waals surface area contributed by atoms with Crippen molar-refractivity contribution >= 4 is 0 Å². The molecule has 1 saturated heterocycles. The highest BCUT2D eigenvalue weighted by molar-refractivity contribution is 4.74. The van der Waals surface area contributed by atoms with Gasteiger partial charge in [0.05, 0.1) is 13.2 Å². The Labute approximate surface area is 80.1 Å². The van der Waals surface area contributed by atoms with Crippen LogP contribution in [0.3, 0.4) is 0 Å². The molecule has 1 rings (SSSR count). The summed E-state index contributed by atoms with van der Waals surface area (Å²) in [5.41, 5.74) is 0. The smallest absolute Gasteiger partial charge is 0.159 e. The number of ether oxygens (including phenoxy) is 2. The van der Waals surface area contributed by atoms with Crippen LogP contribution < -0.4 is 5.32 Å². The van der Waals surface area contributed by atoms with Gasteiger partial charge in [0.15, 0.2) is 6.29 Å². The molecular formula is C10H19NO2.